The highest BCUT2D eigenvalue weighted by atomic mass is 16.2. The Kier molecular flexibility index (Phi) is 4.57. The molecule has 4 bridgehead atoms. The molecule has 5 nitrogen and oxygen atoms in total. The lowest BCUT2D eigenvalue weighted by molar-refractivity contribution is -0.147. The van der Waals surface area contributed by atoms with E-state index in [9.17, 15) is 14.4 Å². The minimum absolute atomic E-state index is 0.0470. The van der Waals surface area contributed by atoms with Crippen LogP contribution >= 0.6 is 0 Å². The zero-order chi connectivity index (χ0) is 19.2. The number of carbonyl (C=O) groups is 3. The Balaban J connectivity index is 1.39. The van der Waals surface area contributed by atoms with Gasteiger partial charge in [-0.2, -0.15) is 0 Å². The summed E-state index contributed by atoms with van der Waals surface area (Å²) in [5.74, 6) is 1.84. The Labute approximate surface area is 160 Å². The third-order valence-corrected chi connectivity index (χ3v) is 6.80. The Morgan fingerprint density at radius 2 is 1.63 bits per heavy atom. The van der Waals surface area contributed by atoms with Crippen LogP contribution in [0.15, 0.2) is 24.3 Å². The molecule has 2 amide bonds. The fourth-order valence-corrected chi connectivity index (χ4v) is 5.87. The molecule has 4 saturated carbocycles. The van der Waals surface area contributed by atoms with Gasteiger partial charge in [0.1, 0.15) is 6.04 Å². The SMILES string of the molecule is CC(=O)c1cccc(NC(=O)[C@H](C)NC(=O)C23CC4CC(CC(C4)C2)C3)c1. The van der Waals surface area contributed by atoms with Crippen LogP contribution in [0.25, 0.3) is 0 Å². The van der Waals surface area contributed by atoms with Crippen LogP contribution < -0.4 is 10.6 Å². The summed E-state index contributed by atoms with van der Waals surface area (Å²) in [5, 5.41) is 5.79. The molecular formula is C22H28N2O3. The summed E-state index contributed by atoms with van der Waals surface area (Å²) in [6, 6.07) is 6.26. The number of Topliss-reactive ketones (excluding diaryl/α,β-unsaturated/α-hetero) is 1. The van der Waals surface area contributed by atoms with Gasteiger partial charge < -0.3 is 10.6 Å². The van der Waals surface area contributed by atoms with Crippen molar-refractivity contribution in [3.8, 4) is 0 Å². The molecule has 1 aromatic rings. The molecule has 0 radical (unpaired) electrons. The Morgan fingerprint density at radius 1 is 1.04 bits per heavy atom. The number of amides is 2. The van der Waals surface area contributed by atoms with Gasteiger partial charge in [-0.1, -0.05) is 12.1 Å². The van der Waals surface area contributed by atoms with E-state index in [0.29, 0.717) is 29.0 Å². The number of hydrogen-bond acceptors (Lipinski definition) is 3. The zero-order valence-electron chi connectivity index (χ0n) is 16.1. The van der Waals surface area contributed by atoms with Gasteiger partial charge in [-0.25, -0.2) is 0 Å². The monoisotopic (exact) mass is 368 g/mol. The molecule has 4 fully saturated rings. The van der Waals surface area contributed by atoms with Crippen LogP contribution in [-0.4, -0.2) is 23.6 Å². The summed E-state index contributed by atoms with van der Waals surface area (Å²) < 4.78 is 0. The number of nitrogens with one attached hydrogen (secondary N) is 2. The molecule has 0 heterocycles. The van der Waals surface area contributed by atoms with Crippen molar-refractivity contribution in [2.75, 3.05) is 5.32 Å². The average Bonchev–Trinajstić information content (AvgIpc) is 2.60. The van der Waals surface area contributed by atoms with E-state index in [4.69, 9.17) is 0 Å². The Hall–Kier alpha value is -2.17. The predicted octanol–water partition coefficient (Wildman–Crippen LogP) is 3.55. The van der Waals surface area contributed by atoms with Gasteiger partial charge in [0.2, 0.25) is 11.8 Å². The van der Waals surface area contributed by atoms with E-state index in [0.717, 1.165) is 19.3 Å². The molecule has 5 heteroatoms. The van der Waals surface area contributed by atoms with Crippen molar-refractivity contribution in [3.05, 3.63) is 29.8 Å². The lowest BCUT2D eigenvalue weighted by Gasteiger charge is -2.55. The molecular weight excluding hydrogens is 340 g/mol. The second-order valence-corrected chi connectivity index (χ2v) is 9.02. The highest BCUT2D eigenvalue weighted by molar-refractivity contribution is 5.99. The first kappa shape index (κ1) is 18.2. The first-order chi connectivity index (χ1) is 12.8. The van der Waals surface area contributed by atoms with Crippen molar-refractivity contribution in [2.45, 2.75) is 58.4 Å². The van der Waals surface area contributed by atoms with Gasteiger partial charge in [-0.3, -0.25) is 14.4 Å². The van der Waals surface area contributed by atoms with Gasteiger partial charge in [0.15, 0.2) is 5.78 Å². The summed E-state index contributed by atoms with van der Waals surface area (Å²) >= 11 is 0. The molecule has 0 spiro atoms. The lowest BCUT2D eigenvalue weighted by Crippen LogP contribution is -2.56. The summed E-state index contributed by atoms with van der Waals surface area (Å²) in [7, 11) is 0. The number of anilines is 1. The van der Waals surface area contributed by atoms with Gasteiger partial charge in [0.05, 0.1) is 0 Å². The largest absolute Gasteiger partial charge is 0.344 e. The van der Waals surface area contributed by atoms with Gasteiger partial charge in [-0.05, 0) is 82.3 Å². The fraction of sp³-hybridized carbons (Fsp3) is 0.591. The molecule has 144 valence electrons. The average molecular weight is 368 g/mol. The number of benzene rings is 1. The number of rotatable bonds is 5. The standard InChI is InChI=1S/C22H28N2O3/c1-13(20(26)24-19-5-3-4-18(9-19)14(2)25)23-21(27)22-10-15-6-16(11-22)8-17(7-15)12-22/h3-5,9,13,15-17H,6-8,10-12H2,1-2H3,(H,23,27)(H,24,26)/t13-,15?,16?,17?,22?/m0/s1. The summed E-state index contributed by atoms with van der Waals surface area (Å²) in [6.07, 6.45) is 6.82. The zero-order valence-corrected chi connectivity index (χ0v) is 16.1. The normalized spacial score (nSPS) is 32.0. The van der Waals surface area contributed by atoms with Crippen LogP contribution in [-0.2, 0) is 9.59 Å². The predicted molar refractivity (Wildman–Crippen MR) is 103 cm³/mol. The molecule has 4 aliphatic carbocycles. The summed E-state index contributed by atoms with van der Waals surface area (Å²) in [4.78, 5) is 37.1. The van der Waals surface area contributed by atoms with Crippen molar-refractivity contribution >= 4 is 23.3 Å². The maximum atomic E-state index is 13.1. The minimum Gasteiger partial charge on any atom is -0.344 e. The summed E-state index contributed by atoms with van der Waals surface area (Å²) in [6.45, 7) is 3.22. The van der Waals surface area contributed by atoms with E-state index < -0.39 is 6.04 Å². The van der Waals surface area contributed by atoms with Crippen molar-refractivity contribution < 1.29 is 14.4 Å². The smallest absolute Gasteiger partial charge is 0.246 e. The maximum Gasteiger partial charge on any atom is 0.246 e. The van der Waals surface area contributed by atoms with Crippen LogP contribution in [0.2, 0.25) is 0 Å². The Bertz CT molecular complexity index is 750. The van der Waals surface area contributed by atoms with E-state index in [1.165, 1.54) is 26.2 Å². The topological polar surface area (TPSA) is 75.3 Å². The second kappa shape index (κ2) is 6.77. The van der Waals surface area contributed by atoms with Crippen molar-refractivity contribution in [3.63, 3.8) is 0 Å². The molecule has 1 atom stereocenters. The summed E-state index contributed by atoms with van der Waals surface area (Å²) in [5.41, 5.74) is 0.874. The van der Waals surface area contributed by atoms with E-state index in [-0.39, 0.29) is 23.0 Å². The minimum atomic E-state index is -0.605. The van der Waals surface area contributed by atoms with Crippen molar-refractivity contribution in [1.82, 2.24) is 5.32 Å². The third-order valence-electron chi connectivity index (χ3n) is 6.80. The fourth-order valence-electron chi connectivity index (χ4n) is 5.87. The quantitative estimate of drug-likeness (QED) is 0.781. The first-order valence-corrected chi connectivity index (χ1v) is 10.1. The highest BCUT2D eigenvalue weighted by Crippen LogP contribution is 2.60. The molecule has 4 aliphatic rings. The number of ketones is 1. The van der Waals surface area contributed by atoms with Crippen LogP contribution in [0.3, 0.4) is 0 Å². The van der Waals surface area contributed by atoms with Crippen LogP contribution in [0.4, 0.5) is 5.69 Å². The van der Waals surface area contributed by atoms with E-state index in [1.807, 2.05) is 0 Å². The molecule has 0 unspecified atom stereocenters. The van der Waals surface area contributed by atoms with Crippen molar-refractivity contribution in [2.24, 2.45) is 23.2 Å². The van der Waals surface area contributed by atoms with Crippen LogP contribution in [0.5, 0.6) is 0 Å². The van der Waals surface area contributed by atoms with E-state index in [1.54, 1.807) is 31.2 Å². The maximum absolute atomic E-state index is 13.1. The molecule has 2 N–H and O–H groups in total. The Morgan fingerprint density at radius 3 is 2.19 bits per heavy atom. The van der Waals surface area contributed by atoms with Gasteiger partial charge >= 0.3 is 0 Å². The second-order valence-electron chi connectivity index (χ2n) is 9.02. The molecule has 0 saturated heterocycles. The molecule has 5 rings (SSSR count). The molecule has 1 aromatic carbocycles. The van der Waals surface area contributed by atoms with E-state index in [2.05, 4.69) is 10.6 Å². The first-order valence-electron chi connectivity index (χ1n) is 10.1. The van der Waals surface area contributed by atoms with Crippen LogP contribution in [0.1, 0.15) is 62.7 Å². The highest BCUT2D eigenvalue weighted by Gasteiger charge is 2.54. The van der Waals surface area contributed by atoms with Gasteiger partial charge in [0.25, 0.3) is 0 Å². The van der Waals surface area contributed by atoms with E-state index >= 15 is 0 Å². The third kappa shape index (κ3) is 3.52. The molecule has 27 heavy (non-hydrogen) atoms. The molecule has 0 aliphatic heterocycles. The van der Waals surface area contributed by atoms with Gasteiger partial charge in [0, 0.05) is 16.7 Å². The molecule has 0 aromatic heterocycles. The van der Waals surface area contributed by atoms with Crippen molar-refractivity contribution in [1.29, 1.82) is 0 Å². The number of carbonyl (C=O) groups excluding carboxylic acids is 3. The van der Waals surface area contributed by atoms with Gasteiger partial charge in [-0.15, -0.1) is 0 Å². The lowest BCUT2D eigenvalue weighted by atomic mass is 9.49. The van der Waals surface area contributed by atoms with Crippen LogP contribution in [0, 0.1) is 23.2 Å². The number of hydrogen-bond donors (Lipinski definition) is 2.